The fraction of sp³-hybridized carbons (Fsp3) is 0.667. The summed E-state index contributed by atoms with van der Waals surface area (Å²) >= 11 is 0. The van der Waals surface area contributed by atoms with E-state index < -0.39 is 0 Å². The first-order valence-corrected chi connectivity index (χ1v) is 9.96. The maximum Gasteiger partial charge on any atom is 0.338 e. The molecule has 1 fully saturated rings. The molecule has 0 amide bonds. The van der Waals surface area contributed by atoms with Crippen LogP contribution in [0.25, 0.3) is 0 Å². The Labute approximate surface area is 157 Å². The largest absolute Gasteiger partial charge is 0.491 e. The number of anilines is 1. The molecule has 0 aromatic heterocycles. The summed E-state index contributed by atoms with van der Waals surface area (Å²) in [5.74, 6) is 0.692. The van der Waals surface area contributed by atoms with Gasteiger partial charge in [-0.3, -0.25) is 4.90 Å². The first kappa shape index (κ1) is 20.6. The molecule has 5 heteroatoms. The van der Waals surface area contributed by atoms with Crippen LogP contribution in [-0.2, 0) is 4.74 Å². The summed E-state index contributed by atoms with van der Waals surface area (Å²) < 4.78 is 11.3. The van der Waals surface area contributed by atoms with Crippen molar-refractivity contribution in [3.63, 3.8) is 0 Å². The third-order valence-electron chi connectivity index (χ3n) is 5.02. The van der Waals surface area contributed by atoms with E-state index in [1.165, 1.54) is 19.3 Å². The summed E-state index contributed by atoms with van der Waals surface area (Å²) in [6.07, 6.45) is 5.77. The Morgan fingerprint density at radius 3 is 2.62 bits per heavy atom. The van der Waals surface area contributed by atoms with Gasteiger partial charge in [0.25, 0.3) is 0 Å². The Hall–Kier alpha value is -1.75. The standard InChI is InChI=1S/C21H34N2O3/c1-4-5-13-25-20-14-17(9-10-18(20)22)21(24)26-15-19(16(2)3)23-11-7-6-8-12-23/h9-10,14,16,19H,4-8,11-13,15,22H2,1-3H3/t19-/m1/s1. The number of likely N-dealkylation sites (tertiary alicyclic amines) is 1. The number of piperidine rings is 1. The zero-order valence-corrected chi connectivity index (χ0v) is 16.5. The summed E-state index contributed by atoms with van der Waals surface area (Å²) in [4.78, 5) is 15.0. The van der Waals surface area contributed by atoms with Crippen molar-refractivity contribution in [1.29, 1.82) is 0 Å². The Morgan fingerprint density at radius 1 is 1.23 bits per heavy atom. The molecular weight excluding hydrogens is 328 g/mol. The lowest BCUT2D eigenvalue weighted by Gasteiger charge is -2.36. The second-order valence-corrected chi connectivity index (χ2v) is 7.46. The van der Waals surface area contributed by atoms with Crippen LogP contribution in [0, 0.1) is 5.92 Å². The molecule has 1 aliphatic rings. The molecule has 0 aliphatic carbocycles. The molecule has 0 spiro atoms. The molecule has 0 saturated carbocycles. The second-order valence-electron chi connectivity index (χ2n) is 7.46. The lowest BCUT2D eigenvalue weighted by Crippen LogP contribution is -2.45. The highest BCUT2D eigenvalue weighted by molar-refractivity contribution is 5.90. The Morgan fingerprint density at radius 2 is 1.96 bits per heavy atom. The Bertz CT molecular complexity index is 568. The van der Waals surface area contributed by atoms with Gasteiger partial charge in [0.2, 0.25) is 0 Å². The third-order valence-corrected chi connectivity index (χ3v) is 5.02. The van der Waals surface area contributed by atoms with Crippen molar-refractivity contribution in [1.82, 2.24) is 4.90 Å². The number of unbranched alkanes of at least 4 members (excludes halogenated alkanes) is 1. The topological polar surface area (TPSA) is 64.8 Å². The van der Waals surface area contributed by atoms with Gasteiger partial charge in [-0.05, 0) is 56.5 Å². The van der Waals surface area contributed by atoms with Crippen LogP contribution in [0.15, 0.2) is 18.2 Å². The van der Waals surface area contributed by atoms with E-state index in [0.717, 1.165) is 25.9 Å². The van der Waals surface area contributed by atoms with Gasteiger partial charge in [0.15, 0.2) is 0 Å². The van der Waals surface area contributed by atoms with E-state index in [1.54, 1.807) is 18.2 Å². The van der Waals surface area contributed by atoms with Crippen LogP contribution in [0.5, 0.6) is 5.75 Å². The number of nitrogens with zero attached hydrogens (tertiary/aromatic N) is 1. The highest BCUT2D eigenvalue weighted by atomic mass is 16.5. The average molecular weight is 363 g/mol. The van der Waals surface area contributed by atoms with Gasteiger partial charge in [0, 0.05) is 6.04 Å². The summed E-state index contributed by atoms with van der Waals surface area (Å²) in [5, 5.41) is 0. The quantitative estimate of drug-likeness (QED) is 0.407. The van der Waals surface area contributed by atoms with Gasteiger partial charge in [-0.15, -0.1) is 0 Å². The van der Waals surface area contributed by atoms with E-state index in [0.29, 0.717) is 36.1 Å². The van der Waals surface area contributed by atoms with Gasteiger partial charge < -0.3 is 15.2 Å². The number of hydrogen-bond donors (Lipinski definition) is 1. The number of nitrogens with two attached hydrogens (primary N) is 1. The van der Waals surface area contributed by atoms with Crippen molar-refractivity contribution < 1.29 is 14.3 Å². The predicted molar refractivity (Wildman–Crippen MR) is 106 cm³/mol. The Balaban J connectivity index is 1.96. The number of carbonyl (C=O) groups is 1. The lowest BCUT2D eigenvalue weighted by molar-refractivity contribution is 0.0233. The van der Waals surface area contributed by atoms with Gasteiger partial charge in [0.1, 0.15) is 12.4 Å². The van der Waals surface area contributed by atoms with Gasteiger partial charge in [0.05, 0.1) is 17.9 Å². The SMILES string of the molecule is CCCCOc1cc(C(=O)OC[C@H](C(C)C)N2CCCCC2)ccc1N. The molecule has 0 bridgehead atoms. The van der Waals surface area contributed by atoms with E-state index in [9.17, 15) is 4.79 Å². The third kappa shape index (κ3) is 5.90. The molecule has 2 rings (SSSR count). The van der Waals surface area contributed by atoms with Gasteiger partial charge in [-0.2, -0.15) is 0 Å². The van der Waals surface area contributed by atoms with Crippen molar-refractivity contribution in [3.05, 3.63) is 23.8 Å². The minimum atomic E-state index is -0.312. The van der Waals surface area contributed by atoms with Crippen molar-refractivity contribution in [3.8, 4) is 5.75 Å². The number of benzene rings is 1. The molecule has 2 N–H and O–H groups in total. The molecule has 1 aromatic rings. The van der Waals surface area contributed by atoms with Crippen LogP contribution in [0.2, 0.25) is 0 Å². The monoisotopic (exact) mass is 362 g/mol. The zero-order chi connectivity index (χ0) is 18.9. The first-order chi connectivity index (χ1) is 12.5. The van der Waals surface area contributed by atoms with Gasteiger partial charge >= 0.3 is 5.97 Å². The fourth-order valence-corrected chi connectivity index (χ4v) is 3.33. The van der Waals surface area contributed by atoms with Crippen LogP contribution < -0.4 is 10.5 Å². The summed E-state index contributed by atoms with van der Waals surface area (Å²) in [6, 6.07) is 5.38. The zero-order valence-electron chi connectivity index (χ0n) is 16.5. The molecule has 146 valence electrons. The van der Waals surface area contributed by atoms with Gasteiger partial charge in [-0.25, -0.2) is 4.79 Å². The highest BCUT2D eigenvalue weighted by Crippen LogP contribution is 2.24. The lowest BCUT2D eigenvalue weighted by atomic mass is 10.00. The van der Waals surface area contributed by atoms with E-state index in [4.69, 9.17) is 15.2 Å². The van der Waals surface area contributed by atoms with Crippen LogP contribution >= 0.6 is 0 Å². The normalized spacial score (nSPS) is 16.5. The van der Waals surface area contributed by atoms with Crippen molar-refractivity contribution in [2.45, 2.75) is 58.9 Å². The summed E-state index contributed by atoms with van der Waals surface area (Å²) in [5.41, 5.74) is 6.99. The predicted octanol–water partition coefficient (Wildman–Crippen LogP) is 4.12. The molecule has 26 heavy (non-hydrogen) atoms. The van der Waals surface area contributed by atoms with E-state index in [2.05, 4.69) is 25.7 Å². The van der Waals surface area contributed by atoms with E-state index in [1.807, 2.05) is 0 Å². The van der Waals surface area contributed by atoms with Crippen LogP contribution in [0.1, 0.15) is 63.2 Å². The molecule has 5 nitrogen and oxygen atoms in total. The molecule has 1 heterocycles. The molecule has 0 radical (unpaired) electrons. The first-order valence-electron chi connectivity index (χ1n) is 9.96. The number of carbonyl (C=O) groups excluding carboxylic acids is 1. The van der Waals surface area contributed by atoms with Crippen LogP contribution in [0.3, 0.4) is 0 Å². The number of nitrogen functional groups attached to an aromatic ring is 1. The minimum absolute atomic E-state index is 0.272. The van der Waals surface area contributed by atoms with Crippen molar-refractivity contribution >= 4 is 11.7 Å². The maximum atomic E-state index is 12.5. The minimum Gasteiger partial charge on any atom is -0.491 e. The summed E-state index contributed by atoms with van der Waals surface area (Å²) in [6.45, 7) is 9.70. The molecule has 1 aromatic carbocycles. The molecule has 0 unspecified atom stereocenters. The highest BCUT2D eigenvalue weighted by Gasteiger charge is 2.25. The summed E-state index contributed by atoms with van der Waals surface area (Å²) in [7, 11) is 0. The molecule has 1 atom stereocenters. The second kappa shape index (κ2) is 10.4. The number of hydrogen-bond acceptors (Lipinski definition) is 5. The van der Waals surface area contributed by atoms with E-state index in [-0.39, 0.29) is 12.0 Å². The Kier molecular flexibility index (Phi) is 8.23. The van der Waals surface area contributed by atoms with Crippen molar-refractivity contribution in [2.75, 3.05) is 32.0 Å². The van der Waals surface area contributed by atoms with Gasteiger partial charge in [-0.1, -0.05) is 33.6 Å². The number of rotatable bonds is 9. The maximum absolute atomic E-state index is 12.5. The molecule has 1 saturated heterocycles. The van der Waals surface area contributed by atoms with Crippen molar-refractivity contribution in [2.24, 2.45) is 5.92 Å². The number of esters is 1. The van der Waals surface area contributed by atoms with E-state index >= 15 is 0 Å². The molecule has 1 aliphatic heterocycles. The number of ether oxygens (including phenoxy) is 2. The smallest absolute Gasteiger partial charge is 0.338 e. The van der Waals surface area contributed by atoms with Crippen LogP contribution in [-0.4, -0.2) is 43.2 Å². The fourth-order valence-electron chi connectivity index (χ4n) is 3.33. The van der Waals surface area contributed by atoms with Crippen LogP contribution in [0.4, 0.5) is 5.69 Å². The average Bonchev–Trinajstić information content (AvgIpc) is 2.64. The molecular formula is C21H34N2O3.